The number of anilines is 1. The van der Waals surface area contributed by atoms with Crippen molar-refractivity contribution >= 4 is 5.82 Å². The Bertz CT molecular complexity index is 416. The molecule has 0 radical (unpaired) electrons. The van der Waals surface area contributed by atoms with E-state index in [1.165, 1.54) is 0 Å². The lowest BCUT2D eigenvalue weighted by atomic mass is 9.91. The summed E-state index contributed by atoms with van der Waals surface area (Å²) in [5, 5.41) is 0. The van der Waals surface area contributed by atoms with Crippen LogP contribution in [-0.2, 0) is 0 Å². The molecule has 1 aromatic rings. The van der Waals surface area contributed by atoms with E-state index in [2.05, 4.69) is 21.8 Å². The third-order valence-corrected chi connectivity index (χ3v) is 3.83. The standard InChI is InChI=1S/C14H24N4O/c1-4-18(12-7-5-11(15)6-8-12)13-9-14(19-3)17-10(2)16-13/h9,11-12H,4-8,15H2,1-3H3. The SMILES string of the molecule is CCN(c1cc(OC)nc(C)n1)C1CCC(N)CC1. The maximum atomic E-state index is 5.98. The van der Waals surface area contributed by atoms with Crippen molar-refractivity contribution in [3.8, 4) is 5.88 Å². The quantitative estimate of drug-likeness (QED) is 0.899. The molecular weight excluding hydrogens is 240 g/mol. The number of rotatable bonds is 4. The Balaban J connectivity index is 2.19. The average molecular weight is 264 g/mol. The van der Waals surface area contributed by atoms with Gasteiger partial charge in [0.05, 0.1) is 7.11 Å². The highest BCUT2D eigenvalue weighted by Crippen LogP contribution is 2.27. The van der Waals surface area contributed by atoms with E-state index in [4.69, 9.17) is 10.5 Å². The summed E-state index contributed by atoms with van der Waals surface area (Å²) in [5.74, 6) is 2.35. The molecule has 1 aliphatic carbocycles. The van der Waals surface area contributed by atoms with E-state index in [0.29, 0.717) is 18.0 Å². The molecule has 0 spiro atoms. The number of hydrogen-bond donors (Lipinski definition) is 1. The van der Waals surface area contributed by atoms with Crippen LogP contribution in [0.5, 0.6) is 5.88 Å². The summed E-state index contributed by atoms with van der Waals surface area (Å²) in [6.07, 6.45) is 4.48. The summed E-state index contributed by atoms with van der Waals surface area (Å²) >= 11 is 0. The number of aromatic nitrogens is 2. The number of aryl methyl sites for hydroxylation is 1. The van der Waals surface area contributed by atoms with Crippen molar-refractivity contribution in [2.45, 2.75) is 51.6 Å². The van der Waals surface area contributed by atoms with Gasteiger partial charge in [-0.05, 0) is 39.5 Å². The second-order valence-electron chi connectivity index (χ2n) is 5.17. The number of ether oxygens (including phenoxy) is 1. The molecule has 0 amide bonds. The van der Waals surface area contributed by atoms with Crippen LogP contribution in [0.25, 0.3) is 0 Å². The van der Waals surface area contributed by atoms with Gasteiger partial charge in [-0.3, -0.25) is 0 Å². The van der Waals surface area contributed by atoms with Gasteiger partial charge in [0.1, 0.15) is 11.6 Å². The van der Waals surface area contributed by atoms with E-state index < -0.39 is 0 Å². The van der Waals surface area contributed by atoms with Gasteiger partial charge in [0.25, 0.3) is 0 Å². The third kappa shape index (κ3) is 3.35. The van der Waals surface area contributed by atoms with Gasteiger partial charge in [0, 0.05) is 24.7 Å². The monoisotopic (exact) mass is 264 g/mol. The summed E-state index contributed by atoms with van der Waals surface area (Å²) in [6.45, 7) is 5.01. The predicted octanol–water partition coefficient (Wildman–Crippen LogP) is 1.89. The molecule has 2 N–H and O–H groups in total. The molecule has 0 aliphatic heterocycles. The molecule has 1 heterocycles. The zero-order valence-corrected chi connectivity index (χ0v) is 12.1. The molecule has 106 valence electrons. The summed E-state index contributed by atoms with van der Waals surface area (Å²) < 4.78 is 5.24. The Morgan fingerprint density at radius 2 is 2.00 bits per heavy atom. The Morgan fingerprint density at radius 1 is 1.32 bits per heavy atom. The molecular formula is C14H24N4O. The van der Waals surface area contributed by atoms with E-state index in [-0.39, 0.29) is 0 Å². The molecule has 19 heavy (non-hydrogen) atoms. The molecule has 5 nitrogen and oxygen atoms in total. The highest BCUT2D eigenvalue weighted by Gasteiger charge is 2.24. The fourth-order valence-corrected chi connectivity index (χ4v) is 2.80. The number of nitrogens with zero attached hydrogens (tertiary/aromatic N) is 3. The molecule has 0 saturated heterocycles. The Hall–Kier alpha value is -1.36. The maximum absolute atomic E-state index is 5.98. The first-order valence-corrected chi connectivity index (χ1v) is 7.06. The van der Waals surface area contributed by atoms with Gasteiger partial charge in [0.2, 0.25) is 5.88 Å². The van der Waals surface area contributed by atoms with Crippen molar-refractivity contribution < 1.29 is 4.74 Å². The zero-order chi connectivity index (χ0) is 13.8. The minimum absolute atomic E-state index is 0.372. The van der Waals surface area contributed by atoms with Crippen LogP contribution in [-0.4, -0.2) is 35.7 Å². The topological polar surface area (TPSA) is 64.3 Å². The lowest BCUT2D eigenvalue weighted by Crippen LogP contribution is -2.41. The minimum Gasteiger partial charge on any atom is -0.481 e. The van der Waals surface area contributed by atoms with Crippen molar-refractivity contribution in [3.05, 3.63) is 11.9 Å². The lowest BCUT2D eigenvalue weighted by Gasteiger charge is -2.36. The van der Waals surface area contributed by atoms with Crippen LogP contribution in [0.3, 0.4) is 0 Å². The zero-order valence-electron chi connectivity index (χ0n) is 12.1. The second kappa shape index (κ2) is 6.19. The molecule has 0 bridgehead atoms. The van der Waals surface area contributed by atoms with Crippen molar-refractivity contribution in [2.24, 2.45) is 5.73 Å². The van der Waals surface area contributed by atoms with Gasteiger partial charge in [0.15, 0.2) is 0 Å². The molecule has 0 unspecified atom stereocenters. The van der Waals surface area contributed by atoms with Crippen LogP contribution in [0.1, 0.15) is 38.4 Å². The van der Waals surface area contributed by atoms with Gasteiger partial charge in [-0.2, -0.15) is 4.98 Å². The smallest absolute Gasteiger partial charge is 0.218 e. The molecule has 2 rings (SSSR count). The van der Waals surface area contributed by atoms with E-state index in [1.807, 2.05) is 13.0 Å². The van der Waals surface area contributed by atoms with E-state index in [9.17, 15) is 0 Å². The lowest BCUT2D eigenvalue weighted by molar-refractivity contribution is 0.374. The Morgan fingerprint density at radius 3 is 2.58 bits per heavy atom. The average Bonchev–Trinajstić information content (AvgIpc) is 2.41. The molecule has 0 aromatic carbocycles. The summed E-state index contributed by atoms with van der Waals surface area (Å²) in [7, 11) is 1.64. The van der Waals surface area contributed by atoms with Crippen LogP contribution in [0.2, 0.25) is 0 Å². The van der Waals surface area contributed by atoms with Crippen molar-refractivity contribution in [1.82, 2.24) is 9.97 Å². The number of nitrogens with two attached hydrogens (primary N) is 1. The van der Waals surface area contributed by atoms with Crippen LogP contribution in [0.15, 0.2) is 6.07 Å². The summed E-state index contributed by atoms with van der Waals surface area (Å²) in [5.41, 5.74) is 5.98. The van der Waals surface area contributed by atoms with Crippen LogP contribution < -0.4 is 15.4 Å². The molecule has 0 atom stereocenters. The van der Waals surface area contributed by atoms with Crippen molar-refractivity contribution in [3.63, 3.8) is 0 Å². The first-order valence-electron chi connectivity index (χ1n) is 7.06. The van der Waals surface area contributed by atoms with Gasteiger partial charge >= 0.3 is 0 Å². The van der Waals surface area contributed by atoms with Gasteiger partial charge in [-0.15, -0.1) is 0 Å². The van der Waals surface area contributed by atoms with Crippen LogP contribution in [0.4, 0.5) is 5.82 Å². The molecule has 5 heteroatoms. The fraction of sp³-hybridized carbons (Fsp3) is 0.714. The minimum atomic E-state index is 0.372. The van der Waals surface area contributed by atoms with Crippen molar-refractivity contribution in [2.75, 3.05) is 18.6 Å². The van der Waals surface area contributed by atoms with Gasteiger partial charge in [-0.25, -0.2) is 4.98 Å². The first-order chi connectivity index (χ1) is 9.13. The summed E-state index contributed by atoms with van der Waals surface area (Å²) in [4.78, 5) is 11.1. The van der Waals surface area contributed by atoms with Crippen LogP contribution >= 0.6 is 0 Å². The van der Waals surface area contributed by atoms with Crippen LogP contribution in [0, 0.1) is 6.92 Å². The van der Waals surface area contributed by atoms with E-state index >= 15 is 0 Å². The number of methoxy groups -OCH3 is 1. The van der Waals surface area contributed by atoms with E-state index in [0.717, 1.165) is 43.9 Å². The van der Waals surface area contributed by atoms with Gasteiger partial charge in [-0.1, -0.05) is 0 Å². The second-order valence-corrected chi connectivity index (χ2v) is 5.17. The largest absolute Gasteiger partial charge is 0.481 e. The van der Waals surface area contributed by atoms with Gasteiger partial charge < -0.3 is 15.4 Å². The number of hydrogen-bond acceptors (Lipinski definition) is 5. The highest BCUT2D eigenvalue weighted by atomic mass is 16.5. The summed E-state index contributed by atoms with van der Waals surface area (Å²) in [6, 6.07) is 2.82. The Labute approximate surface area is 115 Å². The normalized spacial score (nSPS) is 23.2. The third-order valence-electron chi connectivity index (χ3n) is 3.83. The molecule has 1 aliphatic rings. The molecule has 1 saturated carbocycles. The highest BCUT2D eigenvalue weighted by molar-refractivity contribution is 5.43. The first kappa shape index (κ1) is 14.1. The fourth-order valence-electron chi connectivity index (χ4n) is 2.80. The van der Waals surface area contributed by atoms with Crippen molar-refractivity contribution in [1.29, 1.82) is 0 Å². The predicted molar refractivity (Wildman–Crippen MR) is 76.6 cm³/mol. The Kier molecular flexibility index (Phi) is 4.58. The molecule has 1 aromatic heterocycles. The maximum Gasteiger partial charge on any atom is 0.218 e. The molecule has 1 fully saturated rings. The van der Waals surface area contributed by atoms with E-state index in [1.54, 1.807) is 7.11 Å².